The number of alkyl halides is 2. The van der Waals surface area contributed by atoms with Gasteiger partial charge in [0, 0.05) is 5.56 Å². The summed E-state index contributed by atoms with van der Waals surface area (Å²) in [7, 11) is 0. The normalized spacial score (nSPS) is 10.7. The smallest absolute Gasteiger partial charge is 0.307 e. The predicted octanol–water partition coefficient (Wildman–Crippen LogP) is 2.11. The molecule has 0 saturated carbocycles. The van der Waals surface area contributed by atoms with Gasteiger partial charge in [0.1, 0.15) is 10.3 Å². The molecule has 0 amide bonds. The summed E-state index contributed by atoms with van der Waals surface area (Å²) in [6, 6.07) is 0.874. The maximum absolute atomic E-state index is 12.3. The third-order valence-electron chi connectivity index (χ3n) is 1.61. The Kier molecular flexibility index (Phi) is 3.57. The first-order valence-electron chi connectivity index (χ1n) is 3.80. The first kappa shape index (κ1) is 11.8. The molecule has 0 saturated heterocycles. The van der Waals surface area contributed by atoms with Crippen molar-refractivity contribution in [2.45, 2.75) is 12.8 Å². The summed E-state index contributed by atoms with van der Waals surface area (Å²) in [5.74, 6) is -1.65. The van der Waals surface area contributed by atoms with E-state index in [9.17, 15) is 18.7 Å². The van der Waals surface area contributed by atoms with Gasteiger partial charge >= 0.3 is 5.97 Å². The molecule has 0 spiro atoms. The summed E-state index contributed by atoms with van der Waals surface area (Å²) in [6.45, 7) is 0. The van der Waals surface area contributed by atoms with E-state index >= 15 is 0 Å². The van der Waals surface area contributed by atoms with Crippen LogP contribution in [0.3, 0.4) is 0 Å². The Bertz CT molecular complexity index is 398. The summed E-state index contributed by atoms with van der Waals surface area (Å²) in [6.07, 6.45) is -3.35. The van der Waals surface area contributed by atoms with Crippen molar-refractivity contribution < 1.29 is 23.8 Å². The standard InChI is InChI=1S/C8H6BrF2NO3/c9-7-6(15)3(2-5(13)14)1-4(12-7)8(10)11/h1,8,15H,2H2,(H,13,14). The van der Waals surface area contributed by atoms with E-state index < -0.39 is 30.3 Å². The average Bonchev–Trinajstić information content (AvgIpc) is 2.11. The highest BCUT2D eigenvalue weighted by atomic mass is 79.9. The molecule has 15 heavy (non-hydrogen) atoms. The zero-order chi connectivity index (χ0) is 11.6. The minimum Gasteiger partial charge on any atom is -0.505 e. The van der Waals surface area contributed by atoms with E-state index in [2.05, 4.69) is 20.9 Å². The van der Waals surface area contributed by atoms with Gasteiger partial charge < -0.3 is 10.2 Å². The fourth-order valence-electron chi connectivity index (χ4n) is 0.987. The van der Waals surface area contributed by atoms with Gasteiger partial charge in [0.05, 0.1) is 6.42 Å². The Labute approximate surface area is 91.7 Å². The fourth-order valence-corrected chi connectivity index (χ4v) is 1.45. The number of nitrogens with zero attached hydrogens (tertiary/aromatic N) is 1. The molecule has 4 nitrogen and oxygen atoms in total. The second-order valence-corrected chi connectivity index (χ2v) is 3.47. The fraction of sp³-hybridized carbons (Fsp3) is 0.250. The maximum Gasteiger partial charge on any atom is 0.307 e. The predicted molar refractivity (Wildman–Crippen MR) is 49.9 cm³/mol. The van der Waals surface area contributed by atoms with Crippen LogP contribution in [-0.4, -0.2) is 21.2 Å². The topological polar surface area (TPSA) is 70.4 Å². The second kappa shape index (κ2) is 4.52. The van der Waals surface area contributed by atoms with Crippen LogP contribution in [-0.2, 0) is 11.2 Å². The minimum atomic E-state index is -2.81. The highest BCUT2D eigenvalue weighted by Crippen LogP contribution is 2.30. The number of carboxylic acids is 1. The molecule has 1 aromatic rings. The van der Waals surface area contributed by atoms with Gasteiger partial charge in [-0.3, -0.25) is 4.79 Å². The van der Waals surface area contributed by atoms with Crippen LogP contribution in [0.1, 0.15) is 17.7 Å². The van der Waals surface area contributed by atoms with Crippen molar-refractivity contribution >= 4 is 21.9 Å². The molecule has 0 aliphatic heterocycles. The van der Waals surface area contributed by atoms with Crippen LogP contribution >= 0.6 is 15.9 Å². The van der Waals surface area contributed by atoms with Crippen molar-refractivity contribution in [1.29, 1.82) is 0 Å². The minimum absolute atomic E-state index is 0.0975. The molecule has 7 heteroatoms. The first-order chi connectivity index (χ1) is 6.91. The van der Waals surface area contributed by atoms with Crippen LogP contribution in [0.5, 0.6) is 5.75 Å². The zero-order valence-electron chi connectivity index (χ0n) is 7.25. The van der Waals surface area contributed by atoms with Gasteiger partial charge in [0.15, 0.2) is 5.75 Å². The SMILES string of the molecule is O=C(O)Cc1cc(C(F)F)nc(Br)c1O. The number of rotatable bonds is 3. The molecule has 0 aromatic carbocycles. The lowest BCUT2D eigenvalue weighted by atomic mass is 10.1. The van der Waals surface area contributed by atoms with Crippen molar-refractivity contribution in [2.75, 3.05) is 0 Å². The molecule has 0 aliphatic rings. The molecule has 0 atom stereocenters. The Hall–Kier alpha value is -1.24. The molecule has 1 heterocycles. The molecule has 1 rings (SSSR count). The van der Waals surface area contributed by atoms with Crippen LogP contribution in [0.2, 0.25) is 0 Å². The molecule has 0 bridgehead atoms. The van der Waals surface area contributed by atoms with Gasteiger partial charge in [0.2, 0.25) is 0 Å². The largest absolute Gasteiger partial charge is 0.505 e. The molecule has 0 aliphatic carbocycles. The van der Waals surface area contributed by atoms with Crippen molar-refractivity contribution in [2.24, 2.45) is 0 Å². The van der Waals surface area contributed by atoms with E-state index in [1.807, 2.05) is 0 Å². The monoisotopic (exact) mass is 281 g/mol. The molecule has 0 radical (unpaired) electrons. The van der Waals surface area contributed by atoms with E-state index in [4.69, 9.17) is 5.11 Å². The van der Waals surface area contributed by atoms with Gasteiger partial charge in [-0.05, 0) is 22.0 Å². The van der Waals surface area contributed by atoms with E-state index in [-0.39, 0.29) is 10.2 Å². The Morgan fingerprint density at radius 1 is 1.60 bits per heavy atom. The number of aliphatic carboxylic acids is 1. The number of pyridine rings is 1. The number of aromatic nitrogens is 1. The lowest BCUT2D eigenvalue weighted by molar-refractivity contribution is -0.136. The van der Waals surface area contributed by atoms with Crippen molar-refractivity contribution in [3.63, 3.8) is 0 Å². The van der Waals surface area contributed by atoms with E-state index in [0.717, 1.165) is 6.07 Å². The van der Waals surface area contributed by atoms with Crippen LogP contribution in [0.25, 0.3) is 0 Å². The molecule has 0 fully saturated rings. The van der Waals surface area contributed by atoms with Crippen LogP contribution in [0, 0.1) is 0 Å². The Morgan fingerprint density at radius 3 is 2.67 bits per heavy atom. The molecule has 2 N–H and O–H groups in total. The van der Waals surface area contributed by atoms with E-state index in [0.29, 0.717) is 0 Å². The van der Waals surface area contributed by atoms with Crippen LogP contribution < -0.4 is 0 Å². The van der Waals surface area contributed by atoms with Gasteiger partial charge in [-0.2, -0.15) is 0 Å². The van der Waals surface area contributed by atoms with Crippen molar-refractivity contribution in [1.82, 2.24) is 4.98 Å². The first-order valence-corrected chi connectivity index (χ1v) is 4.59. The summed E-state index contributed by atoms with van der Waals surface area (Å²) in [4.78, 5) is 13.7. The summed E-state index contributed by atoms with van der Waals surface area (Å²) >= 11 is 2.77. The Balaban J connectivity index is 3.18. The molecular weight excluding hydrogens is 276 g/mol. The summed E-state index contributed by atoms with van der Waals surface area (Å²) in [5.41, 5.74) is -0.671. The van der Waals surface area contributed by atoms with Gasteiger partial charge in [0.25, 0.3) is 6.43 Å². The molecule has 82 valence electrons. The third-order valence-corrected chi connectivity index (χ3v) is 2.17. The molecule has 1 aromatic heterocycles. The van der Waals surface area contributed by atoms with Crippen molar-refractivity contribution in [3.8, 4) is 5.75 Å². The highest BCUT2D eigenvalue weighted by Gasteiger charge is 2.17. The van der Waals surface area contributed by atoms with Crippen LogP contribution in [0.15, 0.2) is 10.7 Å². The quantitative estimate of drug-likeness (QED) is 0.833. The number of halogens is 3. The summed E-state index contributed by atoms with van der Waals surface area (Å²) < 4.78 is 24.4. The number of aromatic hydroxyl groups is 1. The highest BCUT2D eigenvalue weighted by molar-refractivity contribution is 9.10. The number of hydrogen-bond acceptors (Lipinski definition) is 3. The average molecular weight is 282 g/mol. The number of carbonyl (C=O) groups is 1. The van der Waals surface area contributed by atoms with Crippen LogP contribution in [0.4, 0.5) is 8.78 Å². The Morgan fingerprint density at radius 2 is 2.20 bits per heavy atom. The van der Waals surface area contributed by atoms with Gasteiger partial charge in [-0.1, -0.05) is 0 Å². The molecule has 0 unspecified atom stereocenters. The lowest BCUT2D eigenvalue weighted by Gasteiger charge is -2.06. The van der Waals surface area contributed by atoms with Gasteiger partial charge in [-0.15, -0.1) is 0 Å². The van der Waals surface area contributed by atoms with E-state index in [1.54, 1.807) is 0 Å². The van der Waals surface area contributed by atoms with E-state index in [1.165, 1.54) is 0 Å². The van der Waals surface area contributed by atoms with Crippen molar-refractivity contribution in [3.05, 3.63) is 21.9 Å². The third kappa shape index (κ3) is 2.85. The number of carboxylic acid groups (broad SMARTS) is 1. The zero-order valence-corrected chi connectivity index (χ0v) is 8.83. The number of hydrogen-bond donors (Lipinski definition) is 2. The lowest BCUT2D eigenvalue weighted by Crippen LogP contribution is -2.03. The maximum atomic E-state index is 12.3. The molecular formula is C8H6BrF2NO3. The summed E-state index contributed by atoms with van der Waals surface area (Å²) in [5, 5.41) is 17.8. The van der Waals surface area contributed by atoms with Gasteiger partial charge in [-0.25, -0.2) is 13.8 Å². The second-order valence-electron chi connectivity index (χ2n) is 2.72.